The first kappa shape index (κ1) is 20.6. The van der Waals surface area contributed by atoms with Crippen LogP contribution in [0, 0.1) is 10.1 Å². The van der Waals surface area contributed by atoms with Crippen LogP contribution in [0.1, 0.15) is 18.9 Å². The van der Waals surface area contributed by atoms with E-state index in [0.717, 1.165) is 5.56 Å². The molecule has 0 spiro atoms. The Morgan fingerprint density at radius 3 is 2.86 bits per heavy atom. The zero-order chi connectivity index (χ0) is 20.8. The number of aryl methyl sites for hydroxylation is 1. The molecule has 1 N–H and O–H groups in total. The second kappa shape index (κ2) is 9.39. The molecule has 2 heterocycles. The zero-order valence-corrected chi connectivity index (χ0v) is 17.0. The lowest BCUT2D eigenvalue weighted by Crippen LogP contribution is -2.30. The van der Waals surface area contributed by atoms with Crippen molar-refractivity contribution in [3.05, 3.63) is 62.1 Å². The number of hydrogen-bond acceptors (Lipinski definition) is 8. The van der Waals surface area contributed by atoms with Crippen molar-refractivity contribution in [3.63, 3.8) is 0 Å². The topological polar surface area (TPSA) is 111 Å². The second-order valence-corrected chi connectivity index (χ2v) is 7.74. The Hall–Kier alpha value is -3.11. The number of carbonyl (C=O) groups excluding carboxylic acids is 2. The van der Waals surface area contributed by atoms with Gasteiger partial charge in [0, 0.05) is 29.5 Å². The molecule has 0 aliphatic rings. The average Bonchev–Trinajstić information content (AvgIpc) is 3.38. The Kier molecular flexibility index (Phi) is 6.68. The van der Waals surface area contributed by atoms with Gasteiger partial charge in [-0.15, -0.1) is 11.3 Å². The third kappa shape index (κ3) is 5.69. The van der Waals surface area contributed by atoms with Crippen LogP contribution in [-0.4, -0.2) is 27.9 Å². The van der Waals surface area contributed by atoms with Gasteiger partial charge in [-0.25, -0.2) is 4.98 Å². The van der Waals surface area contributed by atoms with Crippen LogP contribution >= 0.6 is 22.7 Å². The summed E-state index contributed by atoms with van der Waals surface area (Å²) < 4.78 is 5.17. The largest absolute Gasteiger partial charge is 0.453 e. The first-order chi connectivity index (χ1) is 13.9. The molecule has 3 rings (SSSR count). The van der Waals surface area contributed by atoms with Crippen molar-refractivity contribution in [2.45, 2.75) is 25.9 Å². The Labute approximate surface area is 174 Å². The van der Waals surface area contributed by atoms with Crippen molar-refractivity contribution in [2.24, 2.45) is 0 Å². The SMILES string of the molecule is CC(OC(=O)CCc1ccsc1)C(=O)Nc1nc(-c2cccc([N+](=O)[O-])c2)cs1. The highest BCUT2D eigenvalue weighted by atomic mass is 32.1. The molecule has 0 saturated carbocycles. The molecule has 0 fully saturated rings. The summed E-state index contributed by atoms with van der Waals surface area (Å²) in [7, 11) is 0. The van der Waals surface area contributed by atoms with Gasteiger partial charge < -0.3 is 4.74 Å². The maximum Gasteiger partial charge on any atom is 0.306 e. The van der Waals surface area contributed by atoms with Gasteiger partial charge in [0.05, 0.1) is 10.6 Å². The standard InChI is InChI=1S/C19H17N3O5S2/c1-12(27-17(23)6-5-13-7-8-28-10-13)18(24)21-19-20-16(11-29-19)14-3-2-4-15(9-14)22(25)26/h2-4,7-12H,5-6H2,1H3,(H,20,21,24). The van der Waals surface area contributed by atoms with Crippen molar-refractivity contribution in [2.75, 3.05) is 5.32 Å². The van der Waals surface area contributed by atoms with Crippen molar-refractivity contribution in [1.29, 1.82) is 0 Å². The number of carbonyl (C=O) groups is 2. The summed E-state index contributed by atoms with van der Waals surface area (Å²) in [6, 6.07) is 8.02. The van der Waals surface area contributed by atoms with Gasteiger partial charge in [-0.2, -0.15) is 11.3 Å². The zero-order valence-electron chi connectivity index (χ0n) is 15.4. The number of amides is 1. The molecule has 10 heteroatoms. The predicted molar refractivity (Wildman–Crippen MR) is 111 cm³/mol. The van der Waals surface area contributed by atoms with E-state index in [1.54, 1.807) is 28.8 Å². The predicted octanol–water partition coefficient (Wildman–Crippen LogP) is 4.28. The minimum Gasteiger partial charge on any atom is -0.453 e. The number of nitrogens with zero attached hydrogens (tertiary/aromatic N) is 2. The summed E-state index contributed by atoms with van der Waals surface area (Å²) in [5.41, 5.74) is 2.10. The highest BCUT2D eigenvalue weighted by Gasteiger charge is 2.19. The number of thiophene rings is 1. The smallest absolute Gasteiger partial charge is 0.306 e. The molecule has 1 amide bonds. The Morgan fingerprint density at radius 1 is 1.31 bits per heavy atom. The number of non-ortho nitro benzene ring substituents is 1. The summed E-state index contributed by atoms with van der Waals surface area (Å²) in [6.07, 6.45) is -0.201. The second-order valence-electron chi connectivity index (χ2n) is 6.10. The van der Waals surface area contributed by atoms with Gasteiger partial charge in [-0.05, 0) is 35.7 Å². The first-order valence-corrected chi connectivity index (χ1v) is 10.5. The van der Waals surface area contributed by atoms with E-state index in [1.165, 1.54) is 30.4 Å². The fourth-order valence-corrected chi connectivity index (χ4v) is 3.87. The van der Waals surface area contributed by atoms with E-state index in [4.69, 9.17) is 4.74 Å². The summed E-state index contributed by atoms with van der Waals surface area (Å²) in [5, 5.41) is 19.4. The van der Waals surface area contributed by atoms with Crippen molar-refractivity contribution >= 4 is 45.4 Å². The molecule has 1 atom stereocenters. The number of rotatable bonds is 8. The number of benzene rings is 1. The van der Waals surface area contributed by atoms with Crippen LogP contribution in [0.25, 0.3) is 11.3 Å². The van der Waals surface area contributed by atoms with Gasteiger partial charge in [0.2, 0.25) is 0 Å². The monoisotopic (exact) mass is 431 g/mol. The summed E-state index contributed by atoms with van der Waals surface area (Å²) >= 11 is 2.74. The molecule has 8 nitrogen and oxygen atoms in total. The number of nitrogens with one attached hydrogen (secondary N) is 1. The van der Waals surface area contributed by atoms with E-state index in [0.29, 0.717) is 22.8 Å². The minimum atomic E-state index is -0.963. The fraction of sp³-hybridized carbons (Fsp3) is 0.211. The van der Waals surface area contributed by atoms with Gasteiger partial charge in [0.15, 0.2) is 11.2 Å². The van der Waals surface area contributed by atoms with Gasteiger partial charge >= 0.3 is 5.97 Å². The molecule has 0 aliphatic heterocycles. The quantitative estimate of drug-likeness (QED) is 0.324. The highest BCUT2D eigenvalue weighted by molar-refractivity contribution is 7.14. The number of thiazole rings is 1. The van der Waals surface area contributed by atoms with E-state index >= 15 is 0 Å². The molecule has 1 aromatic carbocycles. The van der Waals surface area contributed by atoms with Gasteiger partial charge in [-0.1, -0.05) is 12.1 Å². The number of hydrogen-bond donors (Lipinski definition) is 1. The van der Waals surface area contributed by atoms with Crippen LogP contribution < -0.4 is 5.32 Å². The maximum absolute atomic E-state index is 12.3. The summed E-state index contributed by atoms with van der Waals surface area (Å²) in [5.74, 6) is -0.941. The first-order valence-electron chi connectivity index (χ1n) is 8.64. The van der Waals surface area contributed by atoms with Crippen LogP contribution in [0.15, 0.2) is 46.5 Å². The van der Waals surface area contributed by atoms with E-state index in [2.05, 4.69) is 10.3 Å². The lowest BCUT2D eigenvalue weighted by molar-refractivity contribution is -0.384. The summed E-state index contributed by atoms with van der Waals surface area (Å²) in [4.78, 5) is 38.9. The highest BCUT2D eigenvalue weighted by Crippen LogP contribution is 2.27. The third-order valence-electron chi connectivity index (χ3n) is 3.96. The number of aromatic nitrogens is 1. The molecule has 150 valence electrons. The number of nitro groups is 1. The Balaban J connectivity index is 1.54. The molecule has 0 saturated heterocycles. The van der Waals surface area contributed by atoms with Crippen molar-refractivity contribution < 1.29 is 19.2 Å². The number of nitro benzene ring substituents is 1. The number of anilines is 1. The molecular formula is C19H17N3O5S2. The van der Waals surface area contributed by atoms with Crippen molar-refractivity contribution in [1.82, 2.24) is 4.98 Å². The molecule has 29 heavy (non-hydrogen) atoms. The van der Waals surface area contributed by atoms with Gasteiger partial charge in [0.25, 0.3) is 11.6 Å². The van der Waals surface area contributed by atoms with Crippen LogP contribution in [-0.2, 0) is 20.7 Å². The molecule has 0 aliphatic carbocycles. The van der Waals surface area contributed by atoms with Gasteiger partial charge in [0.1, 0.15) is 0 Å². The van der Waals surface area contributed by atoms with Crippen LogP contribution in [0.3, 0.4) is 0 Å². The van der Waals surface area contributed by atoms with E-state index in [9.17, 15) is 19.7 Å². The number of ether oxygens (including phenoxy) is 1. The molecule has 2 aromatic heterocycles. The third-order valence-corrected chi connectivity index (χ3v) is 5.45. The molecule has 0 bridgehead atoms. The molecule has 3 aromatic rings. The molecule has 1 unspecified atom stereocenters. The fourth-order valence-electron chi connectivity index (χ4n) is 2.44. The average molecular weight is 431 g/mol. The Morgan fingerprint density at radius 2 is 2.14 bits per heavy atom. The van der Waals surface area contributed by atoms with E-state index in [-0.39, 0.29) is 12.1 Å². The minimum absolute atomic E-state index is 0.0379. The van der Waals surface area contributed by atoms with E-state index < -0.39 is 22.9 Å². The van der Waals surface area contributed by atoms with Gasteiger partial charge in [-0.3, -0.25) is 25.0 Å². The number of esters is 1. The lowest BCUT2D eigenvalue weighted by atomic mass is 10.1. The van der Waals surface area contributed by atoms with Crippen molar-refractivity contribution in [3.8, 4) is 11.3 Å². The van der Waals surface area contributed by atoms with Crippen LogP contribution in [0.4, 0.5) is 10.8 Å². The van der Waals surface area contributed by atoms with E-state index in [1.807, 2.05) is 16.8 Å². The van der Waals surface area contributed by atoms with Crippen LogP contribution in [0.2, 0.25) is 0 Å². The molecule has 0 radical (unpaired) electrons. The Bertz CT molecular complexity index is 1020. The summed E-state index contributed by atoms with van der Waals surface area (Å²) in [6.45, 7) is 1.49. The molecular weight excluding hydrogens is 414 g/mol. The lowest BCUT2D eigenvalue weighted by Gasteiger charge is -2.12. The van der Waals surface area contributed by atoms with Crippen LogP contribution in [0.5, 0.6) is 0 Å². The normalized spacial score (nSPS) is 11.6. The maximum atomic E-state index is 12.3.